The summed E-state index contributed by atoms with van der Waals surface area (Å²) in [5.74, 6) is 0. The van der Waals surface area contributed by atoms with E-state index in [-0.39, 0.29) is 0 Å². The highest BCUT2D eigenvalue weighted by atomic mass is 16.5. The number of rotatable bonds is 4. The highest BCUT2D eigenvalue weighted by Crippen LogP contribution is 2.12. The van der Waals surface area contributed by atoms with Crippen molar-refractivity contribution in [3.63, 3.8) is 0 Å². The van der Waals surface area contributed by atoms with E-state index in [1.807, 2.05) is 7.11 Å². The molecule has 0 bridgehead atoms. The minimum Gasteiger partial charge on any atom is -0.380 e. The molecular weight excluding hydrogens is 150 g/mol. The van der Waals surface area contributed by atoms with Gasteiger partial charge in [0, 0.05) is 13.7 Å². The summed E-state index contributed by atoms with van der Waals surface area (Å²) in [6.45, 7) is 5.93. The van der Waals surface area contributed by atoms with Gasteiger partial charge in [-0.2, -0.15) is 0 Å². The zero-order valence-electron chi connectivity index (χ0n) is 8.38. The zero-order chi connectivity index (χ0) is 8.81. The number of unbranched alkanes of at least 4 members (excludes halogenated alkanes) is 1. The summed E-state index contributed by atoms with van der Waals surface area (Å²) in [6, 6.07) is 0. The second-order valence-electron chi connectivity index (χ2n) is 3.65. The van der Waals surface area contributed by atoms with E-state index in [4.69, 9.17) is 4.74 Å². The predicted molar refractivity (Wildman–Crippen MR) is 51.4 cm³/mol. The molecule has 1 rings (SSSR count). The van der Waals surface area contributed by atoms with E-state index >= 15 is 0 Å². The average Bonchev–Trinajstić information content (AvgIpc) is 2.15. The molecule has 1 aliphatic rings. The highest BCUT2D eigenvalue weighted by Gasteiger charge is 2.18. The van der Waals surface area contributed by atoms with Crippen LogP contribution < -0.4 is 0 Å². The molecule has 72 valence electrons. The molecule has 0 aromatic heterocycles. The molecule has 1 atom stereocenters. The second-order valence-corrected chi connectivity index (χ2v) is 3.65. The van der Waals surface area contributed by atoms with Gasteiger partial charge < -0.3 is 9.64 Å². The van der Waals surface area contributed by atoms with Crippen molar-refractivity contribution in [3.8, 4) is 0 Å². The van der Waals surface area contributed by atoms with Gasteiger partial charge in [-0.3, -0.25) is 0 Å². The summed E-state index contributed by atoms with van der Waals surface area (Å²) in [5, 5.41) is 0. The summed E-state index contributed by atoms with van der Waals surface area (Å²) >= 11 is 0. The molecule has 2 heteroatoms. The fraction of sp³-hybridized carbons (Fsp3) is 1.00. The average molecular weight is 171 g/mol. The van der Waals surface area contributed by atoms with Crippen LogP contribution in [0.25, 0.3) is 0 Å². The predicted octanol–water partition coefficient (Wildman–Crippen LogP) is 1.90. The van der Waals surface area contributed by atoms with Gasteiger partial charge in [-0.05, 0) is 32.4 Å². The Bertz CT molecular complexity index is 116. The summed E-state index contributed by atoms with van der Waals surface area (Å²) in [6.07, 6.45) is 5.68. The first kappa shape index (κ1) is 10.0. The Morgan fingerprint density at radius 1 is 1.50 bits per heavy atom. The summed E-state index contributed by atoms with van der Waals surface area (Å²) in [4.78, 5) is 2.53. The maximum absolute atomic E-state index is 5.36. The number of hydrogen-bond acceptors (Lipinski definition) is 2. The molecule has 1 fully saturated rings. The van der Waals surface area contributed by atoms with E-state index in [1.165, 1.54) is 38.8 Å². The lowest BCUT2D eigenvalue weighted by molar-refractivity contribution is 0.0310. The molecule has 1 aliphatic heterocycles. The van der Waals surface area contributed by atoms with Gasteiger partial charge in [0.25, 0.3) is 0 Å². The Morgan fingerprint density at radius 2 is 2.33 bits per heavy atom. The van der Waals surface area contributed by atoms with Crippen LogP contribution in [0.5, 0.6) is 0 Å². The first-order chi connectivity index (χ1) is 5.86. The first-order valence-corrected chi connectivity index (χ1v) is 5.12. The minimum absolute atomic E-state index is 0.496. The molecule has 0 aliphatic carbocycles. The van der Waals surface area contributed by atoms with E-state index in [1.54, 1.807) is 0 Å². The van der Waals surface area contributed by atoms with Crippen molar-refractivity contribution >= 4 is 0 Å². The van der Waals surface area contributed by atoms with E-state index in [0.717, 1.165) is 6.54 Å². The Balaban J connectivity index is 2.16. The number of likely N-dealkylation sites (tertiary alicyclic amines) is 1. The fourth-order valence-corrected chi connectivity index (χ4v) is 1.79. The lowest BCUT2D eigenvalue weighted by atomic mass is 10.1. The van der Waals surface area contributed by atoms with Crippen molar-refractivity contribution in [2.75, 3.05) is 26.7 Å². The SMILES string of the molecule is CCCCN1CCCC(OC)C1. The Kier molecular flexibility index (Phi) is 4.62. The van der Waals surface area contributed by atoms with E-state index in [2.05, 4.69) is 11.8 Å². The molecule has 0 saturated carbocycles. The largest absolute Gasteiger partial charge is 0.380 e. The molecule has 0 radical (unpaired) electrons. The highest BCUT2D eigenvalue weighted by molar-refractivity contribution is 4.72. The van der Waals surface area contributed by atoms with Crippen LogP contribution in [0.1, 0.15) is 32.6 Å². The topological polar surface area (TPSA) is 12.5 Å². The van der Waals surface area contributed by atoms with Crippen LogP contribution >= 0.6 is 0 Å². The van der Waals surface area contributed by atoms with Crippen molar-refractivity contribution < 1.29 is 4.74 Å². The smallest absolute Gasteiger partial charge is 0.0698 e. The zero-order valence-corrected chi connectivity index (χ0v) is 8.38. The Morgan fingerprint density at radius 3 is 3.00 bits per heavy atom. The summed E-state index contributed by atoms with van der Waals surface area (Å²) in [5.41, 5.74) is 0. The molecule has 1 unspecified atom stereocenters. The number of ether oxygens (including phenoxy) is 1. The number of methoxy groups -OCH3 is 1. The third-order valence-electron chi connectivity index (χ3n) is 2.62. The number of nitrogens with zero attached hydrogens (tertiary/aromatic N) is 1. The van der Waals surface area contributed by atoms with Crippen molar-refractivity contribution in [2.45, 2.75) is 38.7 Å². The van der Waals surface area contributed by atoms with Crippen LogP contribution in [0, 0.1) is 0 Å². The monoisotopic (exact) mass is 171 g/mol. The molecule has 0 aromatic carbocycles. The maximum atomic E-state index is 5.36. The number of piperidine rings is 1. The van der Waals surface area contributed by atoms with Crippen LogP contribution in [0.2, 0.25) is 0 Å². The lowest BCUT2D eigenvalue weighted by Gasteiger charge is -2.31. The number of hydrogen-bond donors (Lipinski definition) is 0. The molecular formula is C10H21NO. The van der Waals surface area contributed by atoms with E-state index < -0.39 is 0 Å². The van der Waals surface area contributed by atoms with Crippen LogP contribution in [0.3, 0.4) is 0 Å². The molecule has 0 N–H and O–H groups in total. The Hall–Kier alpha value is -0.0800. The second kappa shape index (κ2) is 5.55. The van der Waals surface area contributed by atoms with Gasteiger partial charge in [0.2, 0.25) is 0 Å². The van der Waals surface area contributed by atoms with Gasteiger partial charge in [0.1, 0.15) is 0 Å². The molecule has 0 spiro atoms. The molecule has 0 amide bonds. The first-order valence-electron chi connectivity index (χ1n) is 5.12. The van der Waals surface area contributed by atoms with Crippen LogP contribution in [0.15, 0.2) is 0 Å². The third-order valence-corrected chi connectivity index (χ3v) is 2.62. The van der Waals surface area contributed by atoms with Gasteiger partial charge in [-0.25, -0.2) is 0 Å². The van der Waals surface area contributed by atoms with Crippen molar-refractivity contribution in [2.24, 2.45) is 0 Å². The van der Waals surface area contributed by atoms with Crippen LogP contribution in [-0.2, 0) is 4.74 Å². The third kappa shape index (κ3) is 3.11. The lowest BCUT2D eigenvalue weighted by Crippen LogP contribution is -2.39. The van der Waals surface area contributed by atoms with Gasteiger partial charge in [0.05, 0.1) is 6.10 Å². The molecule has 1 saturated heterocycles. The summed E-state index contributed by atoms with van der Waals surface area (Å²) in [7, 11) is 1.83. The molecule has 12 heavy (non-hydrogen) atoms. The normalized spacial score (nSPS) is 26.0. The standard InChI is InChI=1S/C10H21NO/c1-3-4-7-11-8-5-6-10(9-11)12-2/h10H,3-9H2,1-2H3. The van der Waals surface area contributed by atoms with Gasteiger partial charge in [0.15, 0.2) is 0 Å². The minimum atomic E-state index is 0.496. The molecule has 1 heterocycles. The van der Waals surface area contributed by atoms with Gasteiger partial charge in [-0.15, -0.1) is 0 Å². The molecule has 2 nitrogen and oxygen atoms in total. The quantitative estimate of drug-likeness (QED) is 0.640. The van der Waals surface area contributed by atoms with Gasteiger partial charge in [-0.1, -0.05) is 13.3 Å². The van der Waals surface area contributed by atoms with Gasteiger partial charge >= 0.3 is 0 Å². The fourth-order valence-electron chi connectivity index (χ4n) is 1.79. The van der Waals surface area contributed by atoms with Crippen molar-refractivity contribution in [3.05, 3.63) is 0 Å². The Labute approximate surface area is 75.9 Å². The van der Waals surface area contributed by atoms with E-state index in [9.17, 15) is 0 Å². The summed E-state index contributed by atoms with van der Waals surface area (Å²) < 4.78 is 5.36. The van der Waals surface area contributed by atoms with E-state index in [0.29, 0.717) is 6.10 Å². The van der Waals surface area contributed by atoms with Crippen molar-refractivity contribution in [1.82, 2.24) is 4.90 Å². The van der Waals surface area contributed by atoms with Crippen LogP contribution in [0.4, 0.5) is 0 Å². The van der Waals surface area contributed by atoms with Crippen molar-refractivity contribution in [1.29, 1.82) is 0 Å². The van der Waals surface area contributed by atoms with Crippen LogP contribution in [-0.4, -0.2) is 37.7 Å². The molecule has 0 aromatic rings. The maximum Gasteiger partial charge on any atom is 0.0698 e.